The fraction of sp³-hybridized carbons (Fsp3) is 0.773. The molecule has 0 unspecified atom stereocenters. The van der Waals surface area contributed by atoms with Crippen molar-refractivity contribution >= 4 is 17.9 Å². The lowest BCUT2D eigenvalue weighted by atomic mass is 10.0. The fourth-order valence-corrected chi connectivity index (χ4v) is 3.99. The van der Waals surface area contributed by atoms with E-state index in [2.05, 4.69) is 12.2 Å². The van der Waals surface area contributed by atoms with Crippen LogP contribution in [0.5, 0.6) is 0 Å². The average Bonchev–Trinajstić information content (AvgIpc) is 3.25. The zero-order valence-corrected chi connectivity index (χ0v) is 17.7. The Morgan fingerprint density at radius 1 is 1.17 bits per heavy atom. The quantitative estimate of drug-likeness (QED) is 0.357. The molecule has 0 aromatic carbocycles. The third-order valence-corrected chi connectivity index (χ3v) is 5.62. The first-order valence-corrected chi connectivity index (χ1v) is 11.2. The third-order valence-electron chi connectivity index (χ3n) is 5.62. The predicted molar refractivity (Wildman–Crippen MR) is 110 cm³/mol. The number of hydrogen-bond donors (Lipinski definition) is 2. The highest BCUT2D eigenvalue weighted by atomic mass is 16.6. The van der Waals surface area contributed by atoms with E-state index in [4.69, 9.17) is 4.74 Å². The lowest BCUT2D eigenvalue weighted by molar-refractivity contribution is -0.129. The summed E-state index contributed by atoms with van der Waals surface area (Å²) in [4.78, 5) is 37.2. The van der Waals surface area contributed by atoms with Crippen LogP contribution in [0.15, 0.2) is 11.8 Å². The largest absolute Gasteiger partial charge is 0.415 e. The van der Waals surface area contributed by atoms with Gasteiger partial charge in [-0.25, -0.2) is 4.79 Å². The number of unbranched alkanes of at least 4 members (excludes halogenated alkanes) is 8. The van der Waals surface area contributed by atoms with Crippen molar-refractivity contribution in [3.63, 3.8) is 0 Å². The van der Waals surface area contributed by atoms with Crippen LogP contribution < -0.4 is 5.32 Å². The zero-order chi connectivity index (χ0) is 21.1. The van der Waals surface area contributed by atoms with Crippen molar-refractivity contribution in [3.8, 4) is 0 Å². The van der Waals surface area contributed by atoms with Gasteiger partial charge in [-0.05, 0) is 19.3 Å². The van der Waals surface area contributed by atoms with Crippen LogP contribution in [0, 0.1) is 0 Å². The topological polar surface area (TPSA) is 95.9 Å². The van der Waals surface area contributed by atoms with Crippen molar-refractivity contribution in [3.05, 3.63) is 11.8 Å². The monoisotopic (exact) mass is 408 g/mol. The second kappa shape index (κ2) is 12.6. The number of imide groups is 1. The van der Waals surface area contributed by atoms with Crippen LogP contribution in [0.2, 0.25) is 0 Å². The molecule has 2 fully saturated rings. The standard InChI is InChI=1S/C22H36N2O5/c1-2-3-4-5-6-7-8-9-10-12-17(25)15-20(26)23-21(27)16-19-18-13-11-14-24(18)22(28)29-19/h16-18,25H,2-15H2,1H3,(H,23,26,27)/t17-,18-/m1/s1. The van der Waals surface area contributed by atoms with Gasteiger partial charge in [0, 0.05) is 12.6 Å². The molecule has 0 aliphatic carbocycles. The smallest absolute Gasteiger partial charge is 0.412 e. The zero-order valence-electron chi connectivity index (χ0n) is 17.7. The first-order valence-electron chi connectivity index (χ1n) is 11.2. The molecule has 0 aromatic heterocycles. The van der Waals surface area contributed by atoms with Crippen LogP contribution in [-0.2, 0) is 14.3 Å². The summed E-state index contributed by atoms with van der Waals surface area (Å²) in [5, 5.41) is 12.3. The molecule has 2 rings (SSSR count). The maximum absolute atomic E-state index is 12.0. The molecule has 7 heteroatoms. The first-order chi connectivity index (χ1) is 14.0. The molecule has 2 aliphatic heterocycles. The van der Waals surface area contributed by atoms with Gasteiger partial charge in [-0.15, -0.1) is 0 Å². The Kier molecular flexibility index (Phi) is 10.2. The number of rotatable bonds is 13. The fourth-order valence-electron chi connectivity index (χ4n) is 3.99. The number of ether oxygens (including phenoxy) is 1. The van der Waals surface area contributed by atoms with Crippen molar-refractivity contribution < 1.29 is 24.2 Å². The minimum Gasteiger partial charge on any atom is -0.412 e. The Bertz CT molecular complexity index is 590. The van der Waals surface area contributed by atoms with E-state index < -0.39 is 24.0 Å². The maximum atomic E-state index is 12.0. The van der Waals surface area contributed by atoms with Gasteiger partial charge in [-0.1, -0.05) is 64.7 Å². The van der Waals surface area contributed by atoms with E-state index >= 15 is 0 Å². The van der Waals surface area contributed by atoms with Gasteiger partial charge < -0.3 is 9.84 Å². The Morgan fingerprint density at radius 3 is 2.52 bits per heavy atom. The van der Waals surface area contributed by atoms with E-state index in [9.17, 15) is 19.5 Å². The molecular formula is C22H36N2O5. The Hall–Kier alpha value is -1.89. The molecule has 0 aromatic rings. The van der Waals surface area contributed by atoms with E-state index in [1.165, 1.54) is 44.6 Å². The van der Waals surface area contributed by atoms with Crippen LogP contribution in [0.4, 0.5) is 4.79 Å². The minimum absolute atomic E-state index is 0.0960. The highest BCUT2D eigenvalue weighted by Gasteiger charge is 2.41. The normalized spacial score (nSPS) is 20.6. The van der Waals surface area contributed by atoms with Gasteiger partial charge in [-0.3, -0.25) is 19.8 Å². The van der Waals surface area contributed by atoms with Gasteiger partial charge in [0.1, 0.15) is 5.76 Å². The molecule has 7 nitrogen and oxygen atoms in total. The first kappa shape index (κ1) is 23.4. The van der Waals surface area contributed by atoms with E-state index in [1.54, 1.807) is 4.90 Å². The highest BCUT2D eigenvalue weighted by molar-refractivity contribution is 6.01. The van der Waals surface area contributed by atoms with Crippen molar-refractivity contribution in [1.82, 2.24) is 10.2 Å². The lowest BCUT2D eigenvalue weighted by Gasteiger charge is -2.10. The second-order valence-corrected chi connectivity index (χ2v) is 8.15. The third kappa shape index (κ3) is 8.17. The summed E-state index contributed by atoms with van der Waals surface area (Å²) in [7, 11) is 0. The van der Waals surface area contributed by atoms with Gasteiger partial charge >= 0.3 is 6.09 Å². The lowest BCUT2D eigenvalue weighted by Crippen LogP contribution is -2.32. The summed E-state index contributed by atoms with van der Waals surface area (Å²) in [6.07, 6.45) is 12.9. The molecule has 0 radical (unpaired) electrons. The number of amides is 3. The minimum atomic E-state index is -0.741. The molecular weight excluding hydrogens is 372 g/mol. The number of hydrogen-bond acceptors (Lipinski definition) is 5. The SMILES string of the molecule is CCCCCCCCCCC[C@@H](O)CC(=O)NC(=O)C=C1OC(=O)N2CCC[C@H]12. The Morgan fingerprint density at radius 2 is 1.83 bits per heavy atom. The molecule has 0 bridgehead atoms. The Balaban J connectivity index is 1.56. The van der Waals surface area contributed by atoms with E-state index in [1.807, 2.05) is 0 Å². The predicted octanol–water partition coefficient (Wildman–Crippen LogP) is 3.80. The van der Waals surface area contributed by atoms with Crippen molar-refractivity contribution in [2.24, 2.45) is 0 Å². The number of fused-ring (bicyclic) bond motifs is 1. The van der Waals surface area contributed by atoms with Crippen molar-refractivity contribution in [1.29, 1.82) is 0 Å². The number of aliphatic hydroxyl groups is 1. The molecule has 2 N–H and O–H groups in total. The molecule has 0 spiro atoms. The highest BCUT2D eigenvalue weighted by Crippen LogP contribution is 2.31. The molecule has 3 amide bonds. The van der Waals surface area contributed by atoms with Crippen molar-refractivity contribution in [2.45, 2.75) is 103 Å². The van der Waals surface area contributed by atoms with Gasteiger partial charge in [0.2, 0.25) is 5.91 Å². The summed E-state index contributed by atoms with van der Waals surface area (Å²) in [6, 6.07) is -0.194. The molecule has 29 heavy (non-hydrogen) atoms. The van der Waals surface area contributed by atoms with Crippen LogP contribution >= 0.6 is 0 Å². The summed E-state index contributed by atoms with van der Waals surface area (Å²) >= 11 is 0. The number of aliphatic hydroxyl groups excluding tert-OH is 1. The van der Waals surface area contributed by atoms with E-state index in [-0.39, 0.29) is 12.5 Å². The summed E-state index contributed by atoms with van der Waals surface area (Å²) in [5.41, 5.74) is 0. The second-order valence-electron chi connectivity index (χ2n) is 8.15. The molecule has 164 valence electrons. The summed E-state index contributed by atoms with van der Waals surface area (Å²) in [5.74, 6) is -0.822. The van der Waals surface area contributed by atoms with Crippen LogP contribution in [-0.4, -0.2) is 46.6 Å². The molecule has 0 saturated carbocycles. The van der Waals surface area contributed by atoms with E-state index in [0.29, 0.717) is 18.7 Å². The van der Waals surface area contributed by atoms with Gasteiger partial charge in [0.05, 0.1) is 18.6 Å². The summed E-state index contributed by atoms with van der Waals surface area (Å²) in [6.45, 7) is 2.85. The number of nitrogens with one attached hydrogen (secondary N) is 1. The van der Waals surface area contributed by atoms with E-state index in [0.717, 1.165) is 32.1 Å². The molecule has 2 heterocycles. The van der Waals surface area contributed by atoms with Gasteiger partial charge in [0.15, 0.2) is 0 Å². The number of nitrogens with zero attached hydrogens (tertiary/aromatic N) is 1. The van der Waals surface area contributed by atoms with Crippen LogP contribution in [0.25, 0.3) is 0 Å². The van der Waals surface area contributed by atoms with Crippen LogP contribution in [0.1, 0.15) is 90.4 Å². The maximum Gasteiger partial charge on any atom is 0.415 e. The molecule has 2 atom stereocenters. The summed E-state index contributed by atoms with van der Waals surface area (Å²) < 4.78 is 5.10. The van der Waals surface area contributed by atoms with Gasteiger partial charge in [0.25, 0.3) is 5.91 Å². The molecule has 2 saturated heterocycles. The average molecular weight is 409 g/mol. The van der Waals surface area contributed by atoms with Crippen LogP contribution in [0.3, 0.4) is 0 Å². The molecule has 2 aliphatic rings. The number of carbonyl (C=O) groups is 3. The number of carbonyl (C=O) groups excluding carboxylic acids is 3. The number of cyclic esters (lactones) is 1. The van der Waals surface area contributed by atoms with Gasteiger partial charge in [-0.2, -0.15) is 0 Å². The van der Waals surface area contributed by atoms with Crippen molar-refractivity contribution in [2.75, 3.05) is 6.54 Å². The Labute approximate surface area is 173 Å².